The molecule has 0 bridgehead atoms. The van der Waals surface area contributed by atoms with Crippen LogP contribution in [0.2, 0.25) is 0 Å². The molecule has 0 saturated carbocycles. The minimum absolute atomic E-state index is 0.777. The number of pyridine rings is 2. The average Bonchev–Trinajstić information content (AvgIpc) is 3.12. The van der Waals surface area contributed by atoms with Crippen LogP contribution in [0.4, 0.5) is 0 Å². The Balaban J connectivity index is 1.75. The van der Waals surface area contributed by atoms with Crippen molar-refractivity contribution in [3.63, 3.8) is 0 Å². The maximum Gasteiger partial charge on any atom is 0.146 e. The van der Waals surface area contributed by atoms with E-state index < -0.39 is 0 Å². The maximum absolute atomic E-state index is 6.02. The first kappa shape index (κ1) is 14.4. The van der Waals surface area contributed by atoms with Gasteiger partial charge in [0.15, 0.2) is 0 Å². The molecule has 25 heavy (non-hydrogen) atoms. The van der Waals surface area contributed by atoms with E-state index in [4.69, 9.17) is 4.74 Å². The van der Waals surface area contributed by atoms with Gasteiger partial charge >= 0.3 is 0 Å². The van der Waals surface area contributed by atoms with Gasteiger partial charge in [0.2, 0.25) is 0 Å². The van der Waals surface area contributed by atoms with E-state index in [1.54, 1.807) is 12.4 Å². The number of benzene rings is 2. The van der Waals surface area contributed by atoms with Crippen LogP contribution in [-0.2, 0) is 0 Å². The molecule has 3 aromatic heterocycles. The lowest BCUT2D eigenvalue weighted by Crippen LogP contribution is -1.93. The van der Waals surface area contributed by atoms with Crippen LogP contribution in [0.25, 0.3) is 27.5 Å². The predicted octanol–water partition coefficient (Wildman–Crippen LogP) is 5.59. The average molecular weight is 390 g/mol. The Hall–Kier alpha value is -2.92. The second-order valence-electron chi connectivity index (χ2n) is 5.76. The summed E-state index contributed by atoms with van der Waals surface area (Å²) in [4.78, 5) is 9.04. The zero-order valence-corrected chi connectivity index (χ0v) is 14.6. The number of ether oxygens (including phenoxy) is 1. The molecule has 4 nitrogen and oxygen atoms in total. The normalized spacial score (nSPS) is 11.4. The highest BCUT2D eigenvalue weighted by molar-refractivity contribution is 9.10. The lowest BCUT2D eigenvalue weighted by Gasteiger charge is -2.10. The minimum atomic E-state index is 0.777. The largest absolute Gasteiger partial charge is 0.457 e. The molecule has 5 rings (SSSR count). The Morgan fingerprint density at radius 3 is 2.52 bits per heavy atom. The molecule has 0 amide bonds. The molecule has 0 atom stereocenters. The van der Waals surface area contributed by atoms with Gasteiger partial charge in [0.05, 0.1) is 0 Å². The summed E-state index contributed by atoms with van der Waals surface area (Å²) in [7, 11) is 0. The van der Waals surface area contributed by atoms with Crippen molar-refractivity contribution in [3.05, 3.63) is 77.7 Å². The molecule has 0 unspecified atom stereocenters. The van der Waals surface area contributed by atoms with E-state index in [2.05, 4.69) is 38.0 Å². The summed E-state index contributed by atoms with van der Waals surface area (Å²) in [6.07, 6.45) is 5.54. The quantitative estimate of drug-likeness (QED) is 0.369. The smallest absolute Gasteiger partial charge is 0.146 e. The van der Waals surface area contributed by atoms with Crippen molar-refractivity contribution in [1.29, 1.82) is 0 Å². The molecule has 5 heteroatoms. The Morgan fingerprint density at radius 1 is 0.760 bits per heavy atom. The van der Waals surface area contributed by atoms with Crippen molar-refractivity contribution < 1.29 is 4.74 Å². The molecule has 0 spiro atoms. The van der Waals surface area contributed by atoms with Gasteiger partial charge in [-0.2, -0.15) is 0 Å². The summed E-state index contributed by atoms with van der Waals surface area (Å²) in [5, 5.41) is 3.25. The number of hydrogen-bond donors (Lipinski definition) is 0. The van der Waals surface area contributed by atoms with Gasteiger partial charge in [-0.25, -0.2) is 9.97 Å². The zero-order valence-electron chi connectivity index (χ0n) is 13.1. The monoisotopic (exact) mass is 389 g/mol. The first-order valence-electron chi connectivity index (χ1n) is 7.86. The third kappa shape index (κ3) is 2.36. The molecule has 0 aliphatic carbocycles. The fraction of sp³-hybridized carbons (Fsp3) is 0. The minimum Gasteiger partial charge on any atom is -0.457 e. The molecule has 0 N–H and O–H groups in total. The fourth-order valence-corrected chi connectivity index (χ4v) is 3.52. The van der Waals surface area contributed by atoms with Crippen molar-refractivity contribution in [1.82, 2.24) is 14.4 Å². The molecule has 0 fully saturated rings. The van der Waals surface area contributed by atoms with Gasteiger partial charge in [0.25, 0.3) is 0 Å². The van der Waals surface area contributed by atoms with Crippen LogP contribution in [0.5, 0.6) is 11.5 Å². The second-order valence-corrected chi connectivity index (χ2v) is 6.68. The summed E-state index contributed by atoms with van der Waals surface area (Å²) in [6.45, 7) is 0. The Bertz CT molecular complexity index is 1250. The summed E-state index contributed by atoms with van der Waals surface area (Å²) in [6, 6.07) is 17.9. The van der Waals surface area contributed by atoms with E-state index in [-0.39, 0.29) is 0 Å². The van der Waals surface area contributed by atoms with E-state index >= 15 is 0 Å². The van der Waals surface area contributed by atoms with Crippen molar-refractivity contribution in [2.75, 3.05) is 0 Å². The predicted molar refractivity (Wildman–Crippen MR) is 102 cm³/mol. The highest BCUT2D eigenvalue weighted by atomic mass is 79.9. The van der Waals surface area contributed by atoms with Crippen LogP contribution in [0.1, 0.15) is 0 Å². The topological polar surface area (TPSA) is 39.4 Å². The maximum atomic E-state index is 6.02. The van der Waals surface area contributed by atoms with Crippen molar-refractivity contribution in [3.8, 4) is 11.5 Å². The number of nitrogens with zero attached hydrogens (tertiary/aromatic N) is 3. The van der Waals surface area contributed by atoms with Crippen LogP contribution >= 0.6 is 15.9 Å². The molecule has 120 valence electrons. The Kier molecular flexibility index (Phi) is 3.21. The molecule has 0 saturated heterocycles. The van der Waals surface area contributed by atoms with Gasteiger partial charge < -0.3 is 4.74 Å². The van der Waals surface area contributed by atoms with Gasteiger partial charge in [0.1, 0.15) is 22.8 Å². The molecule has 0 aliphatic heterocycles. The summed E-state index contributed by atoms with van der Waals surface area (Å²) in [5.41, 5.74) is 1.78. The number of aromatic nitrogens is 3. The van der Waals surface area contributed by atoms with Gasteiger partial charge in [-0.1, -0.05) is 22.0 Å². The molecule has 0 aliphatic rings. The molecule has 3 heterocycles. The summed E-state index contributed by atoms with van der Waals surface area (Å²) < 4.78 is 9.02. The Labute approximate surface area is 151 Å². The van der Waals surface area contributed by atoms with Gasteiger partial charge in [-0.3, -0.25) is 4.40 Å². The SMILES string of the molecule is Brc1cccc(Oc2ccc3c4cccnc4n4ccnc4c3c2)c1. The van der Waals surface area contributed by atoms with Gasteiger partial charge in [-0.05, 0) is 53.9 Å². The molecule has 0 radical (unpaired) electrons. The highest BCUT2D eigenvalue weighted by Crippen LogP contribution is 2.32. The van der Waals surface area contributed by atoms with Crippen molar-refractivity contribution >= 4 is 43.4 Å². The van der Waals surface area contributed by atoms with E-state index in [0.29, 0.717) is 0 Å². The van der Waals surface area contributed by atoms with E-state index in [1.807, 2.05) is 53.1 Å². The number of imidazole rings is 1. The van der Waals surface area contributed by atoms with E-state index in [9.17, 15) is 0 Å². The van der Waals surface area contributed by atoms with Gasteiger partial charge in [-0.15, -0.1) is 0 Å². The molecule has 5 aromatic rings. The van der Waals surface area contributed by atoms with Crippen molar-refractivity contribution in [2.45, 2.75) is 0 Å². The zero-order chi connectivity index (χ0) is 16.8. The number of halogens is 1. The number of rotatable bonds is 2. The standard InChI is InChI=1S/C20H12BrN3O/c21-13-3-1-4-14(11-13)25-15-6-7-16-17-5-2-8-22-19(17)24-10-9-23-20(24)18(16)12-15/h1-12H. The van der Waals surface area contributed by atoms with Crippen LogP contribution in [0.15, 0.2) is 77.7 Å². The number of fused-ring (bicyclic) bond motifs is 6. The first-order chi connectivity index (χ1) is 12.3. The second kappa shape index (κ2) is 5.57. The lowest BCUT2D eigenvalue weighted by molar-refractivity contribution is 0.483. The lowest BCUT2D eigenvalue weighted by atomic mass is 10.1. The third-order valence-corrected chi connectivity index (χ3v) is 4.70. The van der Waals surface area contributed by atoms with E-state index in [1.165, 1.54) is 0 Å². The molecular weight excluding hydrogens is 378 g/mol. The highest BCUT2D eigenvalue weighted by Gasteiger charge is 2.11. The van der Waals surface area contributed by atoms with Crippen molar-refractivity contribution in [2.24, 2.45) is 0 Å². The first-order valence-corrected chi connectivity index (χ1v) is 8.66. The summed E-state index contributed by atoms with van der Waals surface area (Å²) in [5.74, 6) is 1.56. The van der Waals surface area contributed by atoms with Crippen LogP contribution < -0.4 is 4.74 Å². The molecule has 2 aromatic carbocycles. The fourth-order valence-electron chi connectivity index (χ4n) is 3.15. The van der Waals surface area contributed by atoms with Gasteiger partial charge in [0, 0.05) is 33.8 Å². The number of hydrogen-bond acceptors (Lipinski definition) is 3. The Morgan fingerprint density at radius 2 is 1.60 bits per heavy atom. The van der Waals surface area contributed by atoms with Crippen LogP contribution in [0, 0.1) is 0 Å². The third-order valence-electron chi connectivity index (χ3n) is 4.21. The van der Waals surface area contributed by atoms with Crippen LogP contribution in [-0.4, -0.2) is 14.4 Å². The van der Waals surface area contributed by atoms with Crippen LogP contribution in [0.3, 0.4) is 0 Å². The van der Waals surface area contributed by atoms with E-state index in [0.717, 1.165) is 43.4 Å². The molecular formula is C20H12BrN3O. The summed E-state index contributed by atoms with van der Waals surface area (Å²) >= 11 is 3.47.